The highest BCUT2D eigenvalue weighted by Crippen LogP contribution is 2.63. The van der Waals surface area contributed by atoms with Crippen LogP contribution in [-0.2, 0) is 10.8 Å². The van der Waals surface area contributed by atoms with E-state index in [1.807, 2.05) is 34.8 Å². The molecule has 20 aromatic carbocycles. The second-order valence-corrected chi connectivity index (χ2v) is 35.6. The SMILES string of the molecule is c1ccc(C2(c3ccccc3)c3ccccc3-c3c(N(c4ccc(-c5cccc6c5oc5ccccc56)cc4)c4cccc(-c5ccc6sc7ccccc7c6c5)c4)cccc32)cc1.c1ccc(C2(c3ccccc3)c3ccccc3-c3c(N(c4ccc(-c5cccc6c5oc5ccccc56)cc4)c4cccc(-c5cccc6c5sc5ccccc56)c4)cccc32)cc1. The highest BCUT2D eigenvalue weighted by Gasteiger charge is 2.49. The maximum atomic E-state index is 6.53. The first-order valence-corrected chi connectivity index (χ1v) is 45.5. The average Bonchev–Trinajstić information content (AvgIpc) is 1.53. The van der Waals surface area contributed by atoms with Gasteiger partial charge in [0.1, 0.15) is 22.3 Å². The van der Waals surface area contributed by atoms with Crippen LogP contribution in [0.2, 0.25) is 0 Å². The molecule has 0 saturated heterocycles. The van der Waals surface area contributed by atoms with Crippen LogP contribution in [0.5, 0.6) is 0 Å². The standard InChI is InChI=1S/2C61H39NOS/c1-3-18-42(19-4-1)61(43-20-5-2-6-21-43)53-30-10-7-25-52(53)58-54(61)31-16-32-55(58)62(44-37-35-40(36-38-44)46-26-14-28-50-48-23-8-11-33-56(48)63-59(46)50)45-22-13-17-41(39-45)47-27-15-29-51-49-24-9-12-34-57(49)64-60(47)51;1-3-17-43(18-4-1)61(44-19-5-2-6-20-44)53-27-10-7-24-51(53)59-54(61)28-15-29-55(59)62(45-35-32-40(33-36-45)47-25-14-26-50-48-22-8-11-30-56(48)63-60(47)50)46-21-13-16-41(38-46)42-34-37-58-52(39-42)49-23-9-12-31-57(49)64-58/h2*1-39H. The predicted octanol–water partition coefficient (Wildman–Crippen LogP) is 34.2. The summed E-state index contributed by atoms with van der Waals surface area (Å²) < 4.78 is 18.3. The first-order valence-electron chi connectivity index (χ1n) is 43.8. The van der Waals surface area contributed by atoms with Gasteiger partial charge in [0.25, 0.3) is 0 Å². The molecule has 6 heteroatoms. The zero-order chi connectivity index (χ0) is 84.4. The van der Waals surface area contributed by atoms with Gasteiger partial charge in [-0.05, 0) is 186 Å². The van der Waals surface area contributed by atoms with Gasteiger partial charge in [0, 0.05) is 107 Å². The normalized spacial score (nSPS) is 12.8. The van der Waals surface area contributed by atoms with Gasteiger partial charge in [-0.3, -0.25) is 0 Å². The smallest absolute Gasteiger partial charge is 0.143 e. The molecule has 0 bridgehead atoms. The fourth-order valence-corrected chi connectivity index (χ4v) is 23.5. The van der Waals surface area contributed by atoms with Gasteiger partial charge in [-0.25, -0.2) is 0 Å². The van der Waals surface area contributed by atoms with Gasteiger partial charge in [-0.1, -0.05) is 376 Å². The quantitative estimate of drug-likeness (QED) is 0.109. The number of hydrogen-bond acceptors (Lipinski definition) is 6. The summed E-state index contributed by atoms with van der Waals surface area (Å²) in [6, 6.07) is 173. The van der Waals surface area contributed by atoms with Crippen LogP contribution < -0.4 is 9.80 Å². The molecule has 0 aliphatic heterocycles. The van der Waals surface area contributed by atoms with E-state index in [0.717, 1.165) is 100 Å². The molecule has 128 heavy (non-hydrogen) atoms. The van der Waals surface area contributed by atoms with Crippen molar-refractivity contribution in [3.8, 4) is 66.8 Å². The predicted molar refractivity (Wildman–Crippen MR) is 539 cm³/mol. The minimum absolute atomic E-state index is 0.522. The highest BCUT2D eigenvalue weighted by molar-refractivity contribution is 7.26. The number of nitrogens with zero attached hydrogens (tertiary/aromatic N) is 2. The topological polar surface area (TPSA) is 32.8 Å². The molecule has 0 N–H and O–H groups in total. The summed E-state index contributed by atoms with van der Waals surface area (Å²) >= 11 is 3.73. The van der Waals surface area contributed by atoms with Crippen molar-refractivity contribution >= 4 is 141 Å². The van der Waals surface area contributed by atoms with Gasteiger partial charge in [0.2, 0.25) is 0 Å². The molecule has 0 amide bonds. The van der Waals surface area contributed by atoms with Crippen molar-refractivity contribution in [1.29, 1.82) is 0 Å². The first-order chi connectivity index (χ1) is 63.5. The Labute approximate surface area is 749 Å². The van der Waals surface area contributed by atoms with E-state index in [1.54, 1.807) is 0 Å². The molecule has 0 atom stereocenters. The molecule has 4 aromatic heterocycles. The van der Waals surface area contributed by atoms with Crippen LogP contribution in [0.1, 0.15) is 44.5 Å². The van der Waals surface area contributed by atoms with E-state index in [9.17, 15) is 0 Å². The average molecular weight is 1670 g/mol. The third-order valence-electron chi connectivity index (χ3n) is 26.7. The molecule has 2 aliphatic rings. The van der Waals surface area contributed by atoms with E-state index in [0.29, 0.717) is 0 Å². The van der Waals surface area contributed by atoms with E-state index < -0.39 is 10.8 Å². The summed E-state index contributed by atoms with van der Waals surface area (Å²) in [6.07, 6.45) is 0. The van der Waals surface area contributed by atoms with Crippen LogP contribution in [0.15, 0.2) is 482 Å². The Morgan fingerprint density at radius 2 is 0.539 bits per heavy atom. The van der Waals surface area contributed by atoms with Gasteiger partial charge < -0.3 is 18.6 Å². The van der Waals surface area contributed by atoms with Gasteiger partial charge in [-0.2, -0.15) is 0 Å². The zero-order valence-electron chi connectivity index (χ0n) is 69.6. The molecule has 24 aromatic rings. The van der Waals surface area contributed by atoms with Crippen molar-refractivity contribution in [3.63, 3.8) is 0 Å². The lowest BCUT2D eigenvalue weighted by Gasteiger charge is -2.34. The lowest BCUT2D eigenvalue weighted by molar-refractivity contribution is 0.669. The fourth-order valence-electron chi connectivity index (χ4n) is 21.2. The van der Waals surface area contributed by atoms with Crippen molar-refractivity contribution < 1.29 is 8.83 Å². The summed E-state index contributed by atoms with van der Waals surface area (Å²) in [7, 11) is 0. The Morgan fingerprint density at radius 1 is 0.195 bits per heavy atom. The molecule has 0 saturated carbocycles. The molecular formula is C122H78N2O2S2. The number of para-hydroxylation sites is 4. The van der Waals surface area contributed by atoms with Crippen LogP contribution in [-0.4, -0.2) is 0 Å². The highest BCUT2D eigenvalue weighted by atomic mass is 32.1. The maximum Gasteiger partial charge on any atom is 0.143 e. The Bertz CT molecular complexity index is 8370. The summed E-state index contributed by atoms with van der Waals surface area (Å²) in [5.74, 6) is 0. The number of thiophene rings is 2. The summed E-state index contributed by atoms with van der Waals surface area (Å²) in [5, 5.41) is 9.73. The molecule has 4 heterocycles. The van der Waals surface area contributed by atoms with Crippen molar-refractivity contribution in [2.24, 2.45) is 0 Å². The van der Waals surface area contributed by atoms with Gasteiger partial charge in [-0.15, -0.1) is 22.7 Å². The lowest BCUT2D eigenvalue weighted by atomic mass is 9.68. The van der Waals surface area contributed by atoms with E-state index in [-0.39, 0.29) is 0 Å². The van der Waals surface area contributed by atoms with Crippen LogP contribution in [0.4, 0.5) is 34.1 Å². The summed E-state index contributed by atoms with van der Waals surface area (Å²) in [6.45, 7) is 0. The van der Waals surface area contributed by atoms with Crippen LogP contribution in [0, 0.1) is 0 Å². The Morgan fingerprint density at radius 3 is 1.04 bits per heavy atom. The second kappa shape index (κ2) is 30.5. The Balaban J connectivity index is 0.000000139. The maximum absolute atomic E-state index is 6.53. The summed E-state index contributed by atoms with van der Waals surface area (Å²) in [4.78, 5) is 4.94. The minimum Gasteiger partial charge on any atom is -0.455 e. The number of hydrogen-bond donors (Lipinski definition) is 0. The Hall–Kier alpha value is -16.0. The van der Waals surface area contributed by atoms with Crippen LogP contribution in [0.25, 0.3) is 151 Å². The van der Waals surface area contributed by atoms with Crippen molar-refractivity contribution in [2.75, 3.05) is 9.80 Å². The van der Waals surface area contributed by atoms with E-state index in [4.69, 9.17) is 8.83 Å². The number of anilines is 6. The second-order valence-electron chi connectivity index (χ2n) is 33.5. The summed E-state index contributed by atoms with van der Waals surface area (Å²) in [5.41, 5.74) is 33.4. The fraction of sp³-hybridized carbons (Fsp3) is 0.0164. The lowest BCUT2D eigenvalue weighted by Crippen LogP contribution is -2.28. The molecular weight excluding hydrogens is 1590 g/mol. The number of furan rings is 2. The van der Waals surface area contributed by atoms with E-state index >= 15 is 0 Å². The third-order valence-corrected chi connectivity index (χ3v) is 29.1. The van der Waals surface area contributed by atoms with Crippen molar-refractivity contribution in [2.45, 2.75) is 10.8 Å². The monoisotopic (exact) mass is 1670 g/mol. The molecule has 2 aliphatic carbocycles. The van der Waals surface area contributed by atoms with Gasteiger partial charge in [0.05, 0.1) is 22.2 Å². The molecule has 600 valence electrons. The third kappa shape index (κ3) is 11.8. The van der Waals surface area contributed by atoms with Crippen LogP contribution in [0.3, 0.4) is 0 Å². The minimum atomic E-state index is -0.524. The molecule has 4 nitrogen and oxygen atoms in total. The zero-order valence-corrected chi connectivity index (χ0v) is 71.2. The van der Waals surface area contributed by atoms with E-state index in [2.05, 4.69) is 471 Å². The number of benzene rings is 20. The molecule has 0 fully saturated rings. The van der Waals surface area contributed by atoms with Crippen LogP contribution >= 0.6 is 22.7 Å². The van der Waals surface area contributed by atoms with Crippen molar-refractivity contribution in [1.82, 2.24) is 0 Å². The van der Waals surface area contributed by atoms with Gasteiger partial charge >= 0.3 is 0 Å². The van der Waals surface area contributed by atoms with Gasteiger partial charge in [0.15, 0.2) is 0 Å². The largest absolute Gasteiger partial charge is 0.455 e. The molecule has 0 unspecified atom stereocenters. The van der Waals surface area contributed by atoms with E-state index in [1.165, 1.54) is 129 Å². The first kappa shape index (κ1) is 74.6. The van der Waals surface area contributed by atoms with Crippen molar-refractivity contribution in [3.05, 3.63) is 518 Å². The molecule has 0 radical (unpaired) electrons. The molecule has 26 rings (SSSR count). The molecule has 0 spiro atoms. The Kier molecular flexibility index (Phi) is 17.8. The number of fused-ring (bicyclic) bond motifs is 18. The number of rotatable bonds is 14.